The fraction of sp³-hybridized carbons (Fsp3) is 0.238. The Kier molecular flexibility index (Phi) is 4.99. The van der Waals surface area contributed by atoms with Crippen LogP contribution in [0.1, 0.15) is 39.1 Å². The molecule has 1 saturated heterocycles. The Balaban J connectivity index is 1.40. The van der Waals surface area contributed by atoms with Crippen molar-refractivity contribution in [2.45, 2.75) is 25.5 Å². The van der Waals surface area contributed by atoms with Crippen molar-refractivity contribution in [3.05, 3.63) is 71.3 Å². The standard InChI is InChI=1S/C21H18N2O6/c24-18-15-9-4-5-10-16(15)19(25)23(18)29-20(26)17-11-6-12-22(17)21(27)28-13-14-7-2-1-3-8-14/h1-5,7-10,17H,6,11-13H2/t17-/m1/s1. The second kappa shape index (κ2) is 7.75. The first kappa shape index (κ1) is 18.7. The first-order valence-electron chi connectivity index (χ1n) is 9.23. The van der Waals surface area contributed by atoms with Crippen LogP contribution in [0, 0.1) is 0 Å². The highest BCUT2D eigenvalue weighted by Gasteiger charge is 2.43. The van der Waals surface area contributed by atoms with Gasteiger partial charge in [0.25, 0.3) is 11.8 Å². The largest absolute Gasteiger partial charge is 0.445 e. The Hall–Kier alpha value is -3.68. The van der Waals surface area contributed by atoms with E-state index in [4.69, 9.17) is 9.57 Å². The molecule has 0 aromatic heterocycles. The topological polar surface area (TPSA) is 93.2 Å². The van der Waals surface area contributed by atoms with Crippen molar-refractivity contribution in [3.8, 4) is 0 Å². The highest BCUT2D eigenvalue weighted by molar-refractivity contribution is 6.20. The van der Waals surface area contributed by atoms with Gasteiger partial charge in [0.05, 0.1) is 11.1 Å². The average molecular weight is 394 g/mol. The maximum absolute atomic E-state index is 12.6. The second-order valence-corrected chi connectivity index (χ2v) is 6.75. The molecule has 0 unspecified atom stereocenters. The fourth-order valence-corrected chi connectivity index (χ4v) is 3.43. The lowest BCUT2D eigenvalue weighted by molar-refractivity contribution is -0.173. The second-order valence-electron chi connectivity index (χ2n) is 6.75. The number of fused-ring (bicyclic) bond motifs is 1. The van der Waals surface area contributed by atoms with Gasteiger partial charge in [-0.2, -0.15) is 0 Å². The quantitative estimate of drug-likeness (QED) is 0.740. The number of hydrogen-bond acceptors (Lipinski definition) is 6. The molecule has 2 aromatic rings. The molecular weight excluding hydrogens is 376 g/mol. The lowest BCUT2D eigenvalue weighted by Gasteiger charge is -2.23. The van der Waals surface area contributed by atoms with Gasteiger partial charge in [-0.3, -0.25) is 14.5 Å². The number of carbonyl (C=O) groups excluding carboxylic acids is 4. The molecule has 0 aliphatic carbocycles. The van der Waals surface area contributed by atoms with E-state index in [1.807, 2.05) is 30.3 Å². The Bertz CT molecular complexity index is 939. The van der Waals surface area contributed by atoms with Crippen molar-refractivity contribution >= 4 is 23.9 Å². The summed E-state index contributed by atoms with van der Waals surface area (Å²) in [6.07, 6.45) is 0.306. The van der Waals surface area contributed by atoms with Gasteiger partial charge >= 0.3 is 12.1 Å². The SMILES string of the molecule is O=C(ON1C(=O)c2ccccc2C1=O)[C@H]1CCCN1C(=O)OCc1ccccc1. The predicted octanol–water partition coefficient (Wildman–Crippen LogP) is 2.54. The summed E-state index contributed by atoms with van der Waals surface area (Å²) in [5.74, 6) is -2.24. The van der Waals surface area contributed by atoms with Crippen molar-refractivity contribution in [1.82, 2.24) is 9.96 Å². The molecule has 0 spiro atoms. The number of hydrogen-bond donors (Lipinski definition) is 0. The van der Waals surface area contributed by atoms with Crippen LogP contribution < -0.4 is 0 Å². The number of hydroxylamine groups is 2. The van der Waals surface area contributed by atoms with E-state index in [-0.39, 0.29) is 17.7 Å². The van der Waals surface area contributed by atoms with E-state index in [1.54, 1.807) is 12.1 Å². The zero-order valence-electron chi connectivity index (χ0n) is 15.4. The molecule has 0 bridgehead atoms. The van der Waals surface area contributed by atoms with Crippen LogP contribution >= 0.6 is 0 Å². The Morgan fingerprint density at radius 2 is 1.55 bits per heavy atom. The van der Waals surface area contributed by atoms with Crippen molar-refractivity contribution in [2.24, 2.45) is 0 Å². The van der Waals surface area contributed by atoms with E-state index in [1.165, 1.54) is 17.0 Å². The van der Waals surface area contributed by atoms with Crippen molar-refractivity contribution in [3.63, 3.8) is 0 Å². The molecule has 0 radical (unpaired) electrons. The zero-order valence-corrected chi connectivity index (χ0v) is 15.4. The number of benzene rings is 2. The van der Waals surface area contributed by atoms with E-state index in [2.05, 4.69) is 0 Å². The summed E-state index contributed by atoms with van der Waals surface area (Å²) >= 11 is 0. The lowest BCUT2D eigenvalue weighted by atomic mass is 10.1. The summed E-state index contributed by atoms with van der Waals surface area (Å²) in [5.41, 5.74) is 1.18. The minimum absolute atomic E-state index is 0.0797. The smallest absolute Gasteiger partial charge is 0.410 e. The molecule has 29 heavy (non-hydrogen) atoms. The van der Waals surface area contributed by atoms with Crippen molar-refractivity contribution in [2.75, 3.05) is 6.54 Å². The van der Waals surface area contributed by atoms with Crippen LogP contribution in [-0.2, 0) is 21.0 Å². The normalized spacial score (nSPS) is 18.0. The van der Waals surface area contributed by atoms with Crippen LogP contribution in [0.2, 0.25) is 0 Å². The number of rotatable bonds is 4. The third-order valence-corrected chi connectivity index (χ3v) is 4.90. The minimum atomic E-state index is -0.914. The highest BCUT2D eigenvalue weighted by Crippen LogP contribution is 2.25. The predicted molar refractivity (Wildman–Crippen MR) is 99.4 cm³/mol. The van der Waals surface area contributed by atoms with E-state index in [9.17, 15) is 19.2 Å². The highest BCUT2D eigenvalue weighted by atomic mass is 16.7. The first-order valence-corrected chi connectivity index (χ1v) is 9.23. The van der Waals surface area contributed by atoms with Gasteiger partial charge in [0.1, 0.15) is 12.6 Å². The summed E-state index contributed by atoms with van der Waals surface area (Å²) in [7, 11) is 0. The summed E-state index contributed by atoms with van der Waals surface area (Å²) in [5, 5.41) is 0.457. The lowest BCUT2D eigenvalue weighted by Crippen LogP contribution is -2.45. The van der Waals surface area contributed by atoms with Crippen LogP contribution in [0.4, 0.5) is 4.79 Å². The van der Waals surface area contributed by atoms with Gasteiger partial charge in [-0.15, -0.1) is 0 Å². The molecule has 8 heteroatoms. The van der Waals surface area contributed by atoms with E-state index in [0.29, 0.717) is 24.4 Å². The molecule has 2 heterocycles. The maximum Gasteiger partial charge on any atom is 0.410 e. The van der Waals surface area contributed by atoms with Gasteiger partial charge in [0, 0.05) is 6.54 Å². The zero-order chi connectivity index (χ0) is 20.4. The molecule has 8 nitrogen and oxygen atoms in total. The average Bonchev–Trinajstić information content (AvgIpc) is 3.33. The van der Waals surface area contributed by atoms with E-state index >= 15 is 0 Å². The molecule has 4 rings (SSSR count). The number of likely N-dealkylation sites (tertiary alicyclic amines) is 1. The van der Waals surface area contributed by atoms with Crippen LogP contribution in [0.15, 0.2) is 54.6 Å². The molecule has 2 aliphatic heterocycles. The van der Waals surface area contributed by atoms with Crippen LogP contribution in [0.25, 0.3) is 0 Å². The number of nitrogens with zero attached hydrogens (tertiary/aromatic N) is 2. The fourth-order valence-electron chi connectivity index (χ4n) is 3.43. The molecule has 1 atom stereocenters. The summed E-state index contributed by atoms with van der Waals surface area (Å²) < 4.78 is 5.29. The van der Waals surface area contributed by atoms with Crippen LogP contribution in [0.3, 0.4) is 0 Å². The summed E-state index contributed by atoms with van der Waals surface area (Å²) in [6.45, 7) is 0.409. The minimum Gasteiger partial charge on any atom is -0.445 e. The summed E-state index contributed by atoms with van der Waals surface area (Å²) in [4.78, 5) is 56.1. The molecule has 148 valence electrons. The Labute approximate surface area is 166 Å². The number of carbonyl (C=O) groups is 4. The maximum atomic E-state index is 12.6. The van der Waals surface area contributed by atoms with E-state index < -0.39 is 29.9 Å². The Morgan fingerprint density at radius 3 is 2.21 bits per heavy atom. The van der Waals surface area contributed by atoms with Gasteiger partial charge in [-0.05, 0) is 30.5 Å². The molecule has 2 aliphatic rings. The first-order chi connectivity index (χ1) is 14.1. The molecular formula is C21H18N2O6. The van der Waals surface area contributed by atoms with Gasteiger partial charge in [-0.1, -0.05) is 47.5 Å². The number of amides is 3. The monoisotopic (exact) mass is 394 g/mol. The molecule has 0 N–H and O–H groups in total. The van der Waals surface area contributed by atoms with Gasteiger partial charge in [0.2, 0.25) is 0 Å². The van der Waals surface area contributed by atoms with Crippen molar-refractivity contribution < 1.29 is 28.8 Å². The van der Waals surface area contributed by atoms with Crippen LogP contribution in [0.5, 0.6) is 0 Å². The molecule has 1 fully saturated rings. The third-order valence-electron chi connectivity index (χ3n) is 4.90. The summed E-state index contributed by atoms with van der Waals surface area (Å²) in [6, 6.07) is 14.5. The van der Waals surface area contributed by atoms with Gasteiger partial charge in [-0.25, -0.2) is 9.59 Å². The number of ether oxygens (including phenoxy) is 1. The number of imide groups is 1. The van der Waals surface area contributed by atoms with Crippen LogP contribution in [-0.4, -0.2) is 46.4 Å². The Morgan fingerprint density at radius 1 is 0.931 bits per heavy atom. The third kappa shape index (κ3) is 3.56. The molecule has 0 saturated carbocycles. The molecule has 2 aromatic carbocycles. The van der Waals surface area contributed by atoms with E-state index in [0.717, 1.165) is 5.56 Å². The van der Waals surface area contributed by atoms with Gasteiger partial charge in [0.15, 0.2) is 0 Å². The molecule has 3 amide bonds. The van der Waals surface area contributed by atoms with Gasteiger partial charge < -0.3 is 9.57 Å². The van der Waals surface area contributed by atoms with Crippen molar-refractivity contribution in [1.29, 1.82) is 0 Å².